The fourth-order valence-electron chi connectivity index (χ4n) is 1.59. The molecule has 1 aliphatic rings. The third-order valence-electron chi connectivity index (χ3n) is 2.38. The van der Waals surface area contributed by atoms with Crippen molar-refractivity contribution in [2.75, 3.05) is 0 Å². The van der Waals surface area contributed by atoms with E-state index >= 15 is 0 Å². The molecular weight excluding hydrogens is 204 g/mol. The lowest BCUT2D eigenvalue weighted by Gasteiger charge is -2.05. The number of thioether (sulfide) groups is 1. The van der Waals surface area contributed by atoms with Crippen LogP contribution in [0.25, 0.3) is 0 Å². The number of rotatable bonds is 2. The van der Waals surface area contributed by atoms with Crippen molar-refractivity contribution >= 4 is 11.8 Å². The second kappa shape index (κ2) is 4.52. The van der Waals surface area contributed by atoms with Crippen molar-refractivity contribution in [1.29, 1.82) is 5.26 Å². The molecule has 1 heterocycles. The number of nitrogens with two attached hydrogens (primary N) is 1. The fourth-order valence-corrected chi connectivity index (χ4v) is 2.70. The Hall–Kier alpha value is -1.24. The molecule has 2 nitrogen and oxygen atoms in total. The zero-order valence-electron chi connectivity index (χ0n) is 8.26. The molecule has 0 saturated carbocycles. The molecule has 3 heteroatoms. The molecule has 0 fully saturated rings. The molecule has 15 heavy (non-hydrogen) atoms. The lowest BCUT2D eigenvalue weighted by molar-refractivity contribution is 0.792. The number of allylic oxidation sites excluding steroid dienone is 1. The van der Waals surface area contributed by atoms with Crippen molar-refractivity contribution in [3.63, 3.8) is 0 Å². The number of hydrogen-bond acceptors (Lipinski definition) is 3. The number of benzene rings is 1. The van der Waals surface area contributed by atoms with E-state index in [9.17, 15) is 0 Å². The largest absolute Gasteiger partial charge is 0.318 e. The highest BCUT2D eigenvalue weighted by Crippen LogP contribution is 2.35. The summed E-state index contributed by atoms with van der Waals surface area (Å²) in [5.74, 6) is -0.131. The van der Waals surface area contributed by atoms with Crippen LogP contribution in [-0.4, -0.2) is 5.37 Å². The molecule has 2 atom stereocenters. The minimum Gasteiger partial charge on any atom is -0.318 e. The highest BCUT2D eigenvalue weighted by Gasteiger charge is 2.24. The fraction of sp³-hybridized carbons (Fsp3) is 0.250. The SMILES string of the molecule is N#CC1C=C(Cc2ccccc2)SC1N. The molecule has 0 saturated heterocycles. The van der Waals surface area contributed by atoms with Gasteiger partial charge in [0, 0.05) is 6.42 Å². The smallest absolute Gasteiger partial charge is 0.0902 e. The summed E-state index contributed by atoms with van der Waals surface area (Å²) in [6, 6.07) is 12.4. The zero-order valence-corrected chi connectivity index (χ0v) is 9.08. The first-order valence-electron chi connectivity index (χ1n) is 4.86. The van der Waals surface area contributed by atoms with Gasteiger partial charge in [0.05, 0.1) is 17.4 Å². The molecule has 1 aliphatic heterocycles. The molecule has 1 aromatic carbocycles. The summed E-state index contributed by atoms with van der Waals surface area (Å²) in [5, 5.41) is 8.74. The molecule has 1 aromatic rings. The van der Waals surface area contributed by atoms with E-state index in [1.807, 2.05) is 24.3 Å². The van der Waals surface area contributed by atoms with Gasteiger partial charge in [0.2, 0.25) is 0 Å². The standard InChI is InChI=1S/C12H12N2S/c13-8-10-7-11(15-12(10)14)6-9-4-2-1-3-5-9/h1-5,7,10,12H,6,14H2. The van der Waals surface area contributed by atoms with Gasteiger partial charge in [-0.2, -0.15) is 5.26 Å². The van der Waals surface area contributed by atoms with E-state index < -0.39 is 0 Å². The lowest BCUT2D eigenvalue weighted by atomic mass is 10.1. The van der Waals surface area contributed by atoms with Gasteiger partial charge in [-0.25, -0.2) is 0 Å². The van der Waals surface area contributed by atoms with Gasteiger partial charge in [-0.1, -0.05) is 36.4 Å². The maximum Gasteiger partial charge on any atom is 0.0902 e. The first kappa shape index (κ1) is 10.3. The summed E-state index contributed by atoms with van der Waals surface area (Å²) in [6.07, 6.45) is 2.87. The first-order valence-corrected chi connectivity index (χ1v) is 5.74. The molecule has 2 unspecified atom stereocenters. The van der Waals surface area contributed by atoms with E-state index in [2.05, 4.69) is 18.2 Å². The van der Waals surface area contributed by atoms with Gasteiger partial charge in [0.15, 0.2) is 0 Å². The van der Waals surface area contributed by atoms with Crippen molar-refractivity contribution in [3.8, 4) is 6.07 Å². The molecule has 2 rings (SSSR count). The van der Waals surface area contributed by atoms with Gasteiger partial charge < -0.3 is 5.73 Å². The second-order valence-corrected chi connectivity index (χ2v) is 4.84. The van der Waals surface area contributed by atoms with Crippen molar-refractivity contribution < 1.29 is 0 Å². The Kier molecular flexibility index (Phi) is 3.10. The second-order valence-electron chi connectivity index (χ2n) is 3.53. The van der Waals surface area contributed by atoms with E-state index in [1.165, 1.54) is 10.5 Å². The minimum absolute atomic E-state index is 0.0892. The molecule has 76 valence electrons. The molecule has 2 N–H and O–H groups in total. The lowest BCUT2D eigenvalue weighted by Crippen LogP contribution is -2.20. The van der Waals surface area contributed by atoms with Gasteiger partial charge in [0.1, 0.15) is 0 Å². The van der Waals surface area contributed by atoms with Crippen LogP contribution >= 0.6 is 11.8 Å². The van der Waals surface area contributed by atoms with E-state index in [0.717, 1.165) is 6.42 Å². The van der Waals surface area contributed by atoms with Crippen LogP contribution in [0, 0.1) is 17.2 Å². The van der Waals surface area contributed by atoms with Crippen molar-refractivity contribution in [3.05, 3.63) is 46.9 Å². The van der Waals surface area contributed by atoms with Gasteiger partial charge in [-0.15, -0.1) is 11.8 Å². The number of hydrogen-bond donors (Lipinski definition) is 1. The highest BCUT2D eigenvalue weighted by molar-refractivity contribution is 8.03. The van der Waals surface area contributed by atoms with Crippen LogP contribution in [0.3, 0.4) is 0 Å². The molecule has 0 bridgehead atoms. The summed E-state index contributed by atoms with van der Waals surface area (Å²) in [7, 11) is 0. The van der Waals surface area contributed by atoms with Gasteiger partial charge in [-0.3, -0.25) is 0 Å². The molecule has 0 radical (unpaired) electrons. The van der Waals surface area contributed by atoms with Crippen LogP contribution in [0.4, 0.5) is 0 Å². The van der Waals surface area contributed by atoms with Crippen LogP contribution in [0.5, 0.6) is 0 Å². The maximum atomic E-state index is 8.83. The summed E-state index contributed by atoms with van der Waals surface area (Å²) >= 11 is 1.61. The average Bonchev–Trinajstić information content (AvgIpc) is 2.60. The van der Waals surface area contributed by atoms with Gasteiger partial charge >= 0.3 is 0 Å². The summed E-state index contributed by atoms with van der Waals surface area (Å²) in [5.41, 5.74) is 7.09. The normalized spacial score (nSPS) is 24.7. The van der Waals surface area contributed by atoms with Crippen molar-refractivity contribution in [2.24, 2.45) is 11.7 Å². The average molecular weight is 216 g/mol. The van der Waals surface area contributed by atoms with Crippen LogP contribution in [0.15, 0.2) is 41.3 Å². The monoisotopic (exact) mass is 216 g/mol. The van der Waals surface area contributed by atoms with E-state index in [-0.39, 0.29) is 11.3 Å². The summed E-state index contributed by atoms with van der Waals surface area (Å²) in [6.45, 7) is 0. The van der Waals surface area contributed by atoms with E-state index in [1.54, 1.807) is 11.8 Å². The number of nitrogens with zero attached hydrogens (tertiary/aromatic N) is 1. The third kappa shape index (κ3) is 2.41. The number of nitriles is 1. The van der Waals surface area contributed by atoms with Crippen LogP contribution in [0.2, 0.25) is 0 Å². The van der Waals surface area contributed by atoms with Crippen LogP contribution in [0.1, 0.15) is 5.56 Å². The molecule has 0 aliphatic carbocycles. The van der Waals surface area contributed by atoms with Crippen molar-refractivity contribution in [1.82, 2.24) is 0 Å². The Morgan fingerprint density at radius 1 is 1.33 bits per heavy atom. The Morgan fingerprint density at radius 3 is 2.67 bits per heavy atom. The quantitative estimate of drug-likeness (QED) is 0.825. The van der Waals surface area contributed by atoms with E-state index in [0.29, 0.717) is 0 Å². The van der Waals surface area contributed by atoms with Gasteiger partial charge in [0.25, 0.3) is 0 Å². The Morgan fingerprint density at radius 2 is 2.07 bits per heavy atom. The highest BCUT2D eigenvalue weighted by atomic mass is 32.2. The zero-order chi connectivity index (χ0) is 10.7. The van der Waals surface area contributed by atoms with Crippen LogP contribution in [-0.2, 0) is 6.42 Å². The topological polar surface area (TPSA) is 49.8 Å². The summed E-state index contributed by atoms with van der Waals surface area (Å²) < 4.78 is 0. The maximum absolute atomic E-state index is 8.83. The first-order chi connectivity index (χ1) is 7.29. The minimum atomic E-state index is -0.131. The Balaban J connectivity index is 2.07. The predicted molar refractivity (Wildman–Crippen MR) is 62.9 cm³/mol. The van der Waals surface area contributed by atoms with E-state index in [4.69, 9.17) is 11.0 Å². The Labute approximate surface area is 93.8 Å². The third-order valence-corrected chi connectivity index (χ3v) is 3.53. The molecular formula is C12H12N2S. The van der Waals surface area contributed by atoms with Crippen molar-refractivity contribution in [2.45, 2.75) is 11.8 Å². The summed E-state index contributed by atoms with van der Waals surface area (Å²) in [4.78, 5) is 1.21. The van der Waals surface area contributed by atoms with Crippen LogP contribution < -0.4 is 5.73 Å². The molecule has 0 aromatic heterocycles. The van der Waals surface area contributed by atoms with Gasteiger partial charge in [-0.05, 0) is 10.5 Å². The Bertz CT molecular complexity index is 405. The molecule has 0 spiro atoms. The molecule has 0 amide bonds. The predicted octanol–water partition coefficient (Wildman–Crippen LogP) is 2.28.